The van der Waals surface area contributed by atoms with Crippen molar-refractivity contribution < 1.29 is 18.3 Å². The zero-order valence-corrected chi connectivity index (χ0v) is 35.1. The molecule has 6 aromatic heterocycles. The maximum atomic E-state index is 13.5. The highest BCUT2D eigenvalue weighted by atomic mass is 35.5. The van der Waals surface area contributed by atoms with Crippen LogP contribution in [0.1, 0.15) is 54.7 Å². The second kappa shape index (κ2) is 18.0. The number of halogens is 3. The molecule has 0 spiro atoms. The van der Waals surface area contributed by atoms with Crippen LogP contribution in [0.25, 0.3) is 33.5 Å². The lowest BCUT2D eigenvalue weighted by Gasteiger charge is -2.28. The van der Waals surface area contributed by atoms with Gasteiger partial charge in [0.15, 0.2) is 11.3 Å². The largest absolute Gasteiger partial charge is 0.443 e. The van der Waals surface area contributed by atoms with E-state index in [1.54, 1.807) is 59.6 Å². The van der Waals surface area contributed by atoms with Crippen molar-refractivity contribution in [3.8, 4) is 22.3 Å². The van der Waals surface area contributed by atoms with Gasteiger partial charge < -0.3 is 10.1 Å². The Labute approximate surface area is 352 Å². The molecular weight excluding hydrogens is 786 g/mol. The van der Waals surface area contributed by atoms with E-state index in [4.69, 9.17) is 19.8 Å². The van der Waals surface area contributed by atoms with Gasteiger partial charge in [0.2, 0.25) is 0 Å². The second-order valence-electron chi connectivity index (χ2n) is 15.1. The van der Waals surface area contributed by atoms with Gasteiger partial charge in [-0.15, -0.1) is 12.4 Å². The lowest BCUT2D eigenvalue weighted by molar-refractivity contribution is 0.0575. The van der Waals surface area contributed by atoms with Crippen molar-refractivity contribution in [2.45, 2.75) is 67.2 Å². The van der Waals surface area contributed by atoms with Crippen LogP contribution in [0, 0.1) is 39.3 Å². The molecule has 0 saturated heterocycles. The fraction of sp³-hybridized carbons (Fsp3) is 0.222. The van der Waals surface area contributed by atoms with E-state index in [9.17, 15) is 13.6 Å². The van der Waals surface area contributed by atoms with E-state index < -0.39 is 11.7 Å². The van der Waals surface area contributed by atoms with Crippen LogP contribution in [0.4, 0.5) is 25.2 Å². The molecule has 0 saturated carbocycles. The van der Waals surface area contributed by atoms with E-state index in [-0.39, 0.29) is 30.6 Å². The van der Waals surface area contributed by atoms with E-state index in [0.29, 0.717) is 18.0 Å². The zero-order valence-electron chi connectivity index (χ0n) is 34.3. The number of carbonyl (C=O) groups excluding carboxylic acids is 1. The van der Waals surface area contributed by atoms with Crippen LogP contribution in [-0.2, 0) is 17.8 Å². The average molecular weight is 831 g/mol. The van der Waals surface area contributed by atoms with Crippen molar-refractivity contribution >= 4 is 41.4 Å². The third-order valence-electron chi connectivity index (χ3n) is 9.23. The molecule has 0 aliphatic rings. The van der Waals surface area contributed by atoms with Crippen LogP contribution < -0.4 is 10.2 Å². The third-order valence-corrected chi connectivity index (χ3v) is 9.23. The normalized spacial score (nSPS) is 11.2. The van der Waals surface area contributed by atoms with E-state index >= 15 is 0 Å². The number of nitrogens with one attached hydrogen (secondary N) is 1. The van der Waals surface area contributed by atoms with Gasteiger partial charge >= 0.3 is 6.09 Å². The number of aryl methyl sites for hydroxylation is 4. The monoisotopic (exact) mass is 830 g/mol. The van der Waals surface area contributed by atoms with Crippen molar-refractivity contribution in [3.63, 3.8) is 0 Å². The molecule has 0 radical (unpaired) electrons. The number of rotatable bonds is 8. The van der Waals surface area contributed by atoms with Crippen molar-refractivity contribution in [2.75, 3.05) is 10.2 Å². The molecule has 0 bridgehead atoms. The second-order valence-corrected chi connectivity index (χ2v) is 15.1. The molecule has 0 unspecified atom stereocenters. The number of benzene rings is 2. The van der Waals surface area contributed by atoms with Crippen LogP contribution in [-0.4, -0.2) is 50.9 Å². The summed E-state index contributed by atoms with van der Waals surface area (Å²) in [7, 11) is 0. The summed E-state index contributed by atoms with van der Waals surface area (Å²) in [4.78, 5) is 32.4. The summed E-state index contributed by atoms with van der Waals surface area (Å²) in [6.45, 7) is 13.9. The van der Waals surface area contributed by atoms with Crippen LogP contribution in [0.15, 0.2) is 110 Å². The molecule has 2 aromatic carbocycles. The minimum absolute atomic E-state index is 0. The molecule has 8 rings (SSSR count). The summed E-state index contributed by atoms with van der Waals surface area (Å²) in [5, 5.41) is 12.8. The molecular formula is C45H45ClF2N10O2. The van der Waals surface area contributed by atoms with Crippen molar-refractivity contribution in [1.82, 2.24) is 39.2 Å². The molecule has 308 valence electrons. The summed E-state index contributed by atoms with van der Waals surface area (Å²) < 4.78 is 35.7. The Morgan fingerprint density at radius 3 is 1.67 bits per heavy atom. The van der Waals surface area contributed by atoms with Gasteiger partial charge in [0.25, 0.3) is 0 Å². The van der Waals surface area contributed by atoms with Crippen molar-refractivity contribution in [2.24, 2.45) is 0 Å². The van der Waals surface area contributed by atoms with Gasteiger partial charge in [0, 0.05) is 66.0 Å². The summed E-state index contributed by atoms with van der Waals surface area (Å²) in [5.74, 6) is 0.787. The minimum atomic E-state index is -0.693. The molecule has 60 heavy (non-hydrogen) atoms. The number of fused-ring (bicyclic) bond motifs is 2. The lowest BCUT2D eigenvalue weighted by Crippen LogP contribution is -2.37. The fourth-order valence-corrected chi connectivity index (χ4v) is 6.62. The zero-order chi connectivity index (χ0) is 41.8. The Balaban J connectivity index is 0.000000203. The fourth-order valence-electron chi connectivity index (χ4n) is 6.62. The van der Waals surface area contributed by atoms with Gasteiger partial charge in [0.05, 0.1) is 17.9 Å². The number of pyridine rings is 2. The molecule has 1 amide bonds. The minimum Gasteiger partial charge on any atom is -0.443 e. The molecule has 0 atom stereocenters. The number of amides is 1. The highest BCUT2D eigenvalue weighted by molar-refractivity contribution is 5.89. The number of carbonyl (C=O) groups is 1. The first-order valence-corrected chi connectivity index (χ1v) is 19.0. The van der Waals surface area contributed by atoms with Crippen LogP contribution in [0.5, 0.6) is 0 Å². The maximum Gasteiger partial charge on any atom is 0.416 e. The van der Waals surface area contributed by atoms with Crippen LogP contribution >= 0.6 is 12.4 Å². The van der Waals surface area contributed by atoms with E-state index in [0.717, 1.165) is 67.6 Å². The predicted molar refractivity (Wildman–Crippen MR) is 231 cm³/mol. The number of aromatic nitrogens is 8. The number of anilines is 2. The Bertz CT molecular complexity index is 2740. The molecule has 0 aliphatic heterocycles. The Morgan fingerprint density at radius 2 is 1.15 bits per heavy atom. The molecule has 8 aromatic rings. The first-order valence-electron chi connectivity index (χ1n) is 19.0. The molecule has 12 nitrogen and oxygen atoms in total. The first-order chi connectivity index (χ1) is 28.2. The molecule has 15 heteroatoms. The number of nitrogens with zero attached hydrogens (tertiary/aromatic N) is 9. The highest BCUT2D eigenvalue weighted by Crippen LogP contribution is 2.32. The summed E-state index contributed by atoms with van der Waals surface area (Å²) in [6.07, 6.45) is 6.44. The summed E-state index contributed by atoms with van der Waals surface area (Å²) in [5.41, 5.74) is 9.61. The van der Waals surface area contributed by atoms with Gasteiger partial charge in [-0.3, -0.25) is 14.9 Å². The Morgan fingerprint density at radius 1 is 0.683 bits per heavy atom. The first kappa shape index (κ1) is 42.8. The predicted octanol–water partition coefficient (Wildman–Crippen LogP) is 10.1. The lowest BCUT2D eigenvalue weighted by atomic mass is 10.1. The number of hydrogen-bond donors (Lipinski definition) is 1. The number of hydrogen-bond acceptors (Lipinski definition) is 9. The van der Waals surface area contributed by atoms with Gasteiger partial charge in [-0.2, -0.15) is 19.2 Å². The Kier molecular flexibility index (Phi) is 12.8. The quantitative estimate of drug-likeness (QED) is 0.159. The average Bonchev–Trinajstić information content (AvgIpc) is 3.72. The maximum absolute atomic E-state index is 13.5. The SMILES string of the molecule is Cc1cc(N(Cc2ccc(F)cc2)C(=O)OC(C)(C)C)n2nc(C)c(-c3ccncc3)c2n1.Cc1cc(NCc2ccc(F)cc2)n2nc(C)c(-c3ccncc3)c2n1.Cl. The smallest absolute Gasteiger partial charge is 0.416 e. The van der Waals surface area contributed by atoms with E-state index in [1.807, 2.05) is 83.3 Å². The van der Waals surface area contributed by atoms with Crippen molar-refractivity contribution in [3.05, 3.63) is 155 Å². The molecule has 0 aliphatic carbocycles. The van der Waals surface area contributed by atoms with E-state index in [2.05, 4.69) is 20.4 Å². The topological polar surface area (TPSA) is 128 Å². The van der Waals surface area contributed by atoms with Crippen LogP contribution in [0.2, 0.25) is 0 Å². The Hall–Kier alpha value is -6.80. The van der Waals surface area contributed by atoms with Crippen LogP contribution in [0.3, 0.4) is 0 Å². The standard InChI is InChI=1S/C25H26FN5O2.C20H18FN5.ClH/c1-16-14-21(31-23(28-16)22(17(2)29-31)19-10-12-27-13-11-19)30(24(32)33-25(3,4)5)15-18-6-8-20(26)9-7-18;1-13-11-18(23-12-15-3-5-17(21)6-4-15)26-20(24-13)19(14(2)25-26)16-7-9-22-10-8-16;/h6-14H,15H2,1-5H3;3-11,23H,12H2,1-2H3;1H. The molecule has 0 fully saturated rings. The summed E-state index contributed by atoms with van der Waals surface area (Å²) in [6, 6.07) is 24.0. The van der Waals surface area contributed by atoms with Gasteiger partial charge in [0.1, 0.15) is 28.9 Å². The molecule has 6 heterocycles. The van der Waals surface area contributed by atoms with Gasteiger partial charge in [-0.1, -0.05) is 24.3 Å². The summed E-state index contributed by atoms with van der Waals surface area (Å²) >= 11 is 0. The third kappa shape index (κ3) is 9.72. The van der Waals surface area contributed by atoms with Gasteiger partial charge in [-0.25, -0.2) is 23.5 Å². The van der Waals surface area contributed by atoms with Crippen molar-refractivity contribution in [1.29, 1.82) is 0 Å². The number of ether oxygens (including phenoxy) is 1. The molecule has 1 N–H and O–H groups in total. The highest BCUT2D eigenvalue weighted by Gasteiger charge is 2.28. The van der Waals surface area contributed by atoms with Gasteiger partial charge in [-0.05, 0) is 119 Å². The van der Waals surface area contributed by atoms with E-state index in [1.165, 1.54) is 29.2 Å².